The highest BCUT2D eigenvalue weighted by Gasteiger charge is 2.41. The van der Waals surface area contributed by atoms with Gasteiger partial charge in [-0.1, -0.05) is 24.6 Å². The third kappa shape index (κ3) is 4.51. The number of aromatic nitrogens is 1. The predicted octanol–water partition coefficient (Wildman–Crippen LogP) is 3.61. The zero-order chi connectivity index (χ0) is 18.4. The Morgan fingerprint density at radius 2 is 1.96 bits per heavy atom. The summed E-state index contributed by atoms with van der Waals surface area (Å²) in [6.07, 6.45) is 5.66. The van der Waals surface area contributed by atoms with Crippen LogP contribution in [-0.4, -0.2) is 37.1 Å². The summed E-state index contributed by atoms with van der Waals surface area (Å²) in [6.45, 7) is 2.62. The van der Waals surface area contributed by atoms with Gasteiger partial charge in [-0.25, -0.2) is 9.78 Å². The van der Waals surface area contributed by atoms with Gasteiger partial charge < -0.3 is 18.6 Å². The van der Waals surface area contributed by atoms with Crippen LogP contribution in [0, 0.1) is 5.92 Å². The molecule has 0 radical (unpaired) electrons. The number of oxazole rings is 1. The molecule has 6 nitrogen and oxygen atoms in total. The van der Waals surface area contributed by atoms with E-state index in [4.69, 9.17) is 18.6 Å². The molecule has 26 heavy (non-hydrogen) atoms. The maximum absolute atomic E-state index is 11.6. The van der Waals surface area contributed by atoms with E-state index in [9.17, 15) is 4.79 Å². The number of methoxy groups -OCH3 is 1. The van der Waals surface area contributed by atoms with Crippen molar-refractivity contribution in [2.75, 3.05) is 20.3 Å². The highest BCUT2D eigenvalue weighted by Crippen LogP contribution is 2.26. The molecule has 0 saturated carbocycles. The van der Waals surface area contributed by atoms with Crippen molar-refractivity contribution in [1.29, 1.82) is 0 Å². The fourth-order valence-electron chi connectivity index (χ4n) is 2.99. The van der Waals surface area contributed by atoms with E-state index in [1.165, 1.54) is 7.11 Å². The van der Waals surface area contributed by atoms with Gasteiger partial charge in [-0.3, -0.25) is 0 Å². The molecular formula is C20H25NO5. The average Bonchev–Trinajstić information content (AvgIpc) is 3.16. The van der Waals surface area contributed by atoms with E-state index in [-0.39, 0.29) is 0 Å². The molecule has 0 N–H and O–H groups in total. The largest absolute Gasteiger partial charge is 0.465 e. The number of ether oxygens (including phenoxy) is 3. The van der Waals surface area contributed by atoms with Crippen molar-refractivity contribution < 1.29 is 23.4 Å². The summed E-state index contributed by atoms with van der Waals surface area (Å²) in [4.78, 5) is 16.2. The number of esters is 1. The molecule has 3 rings (SSSR count). The van der Waals surface area contributed by atoms with Crippen LogP contribution in [0.2, 0.25) is 0 Å². The number of carbonyl (C=O) groups excluding carboxylic acids is 1. The summed E-state index contributed by atoms with van der Waals surface area (Å²) in [5, 5.41) is 0. The molecule has 1 saturated heterocycles. The lowest BCUT2D eigenvalue weighted by molar-refractivity contribution is -0.272. The summed E-state index contributed by atoms with van der Waals surface area (Å²) in [5.74, 6) is -0.794. The molecule has 6 heteroatoms. The van der Waals surface area contributed by atoms with Crippen LogP contribution < -0.4 is 0 Å². The van der Waals surface area contributed by atoms with Gasteiger partial charge in [0.25, 0.3) is 5.79 Å². The second-order valence-electron chi connectivity index (χ2n) is 6.68. The van der Waals surface area contributed by atoms with E-state index in [1.807, 2.05) is 30.3 Å². The molecule has 0 aliphatic carbocycles. The van der Waals surface area contributed by atoms with Gasteiger partial charge in [0, 0.05) is 18.4 Å². The first kappa shape index (κ1) is 18.6. The standard InChI is InChI=1S/C20H25NO5/c1-20(19(22)23-2)25-12-15(13-26-20)8-6-7-11-17-14-24-18(21-17)16-9-4-3-5-10-16/h3-5,9-10,14-15H,6-8,11-13H2,1-2H3/t15-,20-. The summed E-state index contributed by atoms with van der Waals surface area (Å²) >= 11 is 0. The number of hydrogen-bond donors (Lipinski definition) is 0. The monoisotopic (exact) mass is 359 g/mol. The second kappa shape index (κ2) is 8.47. The molecule has 1 aromatic heterocycles. The molecule has 0 unspecified atom stereocenters. The summed E-state index contributed by atoms with van der Waals surface area (Å²) < 4.78 is 21.4. The molecule has 2 heterocycles. The first-order valence-electron chi connectivity index (χ1n) is 8.97. The van der Waals surface area contributed by atoms with Crippen LogP contribution in [-0.2, 0) is 25.4 Å². The number of nitrogens with zero attached hydrogens (tertiary/aromatic N) is 1. The number of unbranched alkanes of at least 4 members (excludes halogenated alkanes) is 1. The van der Waals surface area contributed by atoms with Crippen molar-refractivity contribution >= 4 is 5.97 Å². The molecule has 0 amide bonds. The zero-order valence-corrected chi connectivity index (χ0v) is 15.3. The Hall–Kier alpha value is -2.18. The van der Waals surface area contributed by atoms with Gasteiger partial charge in [-0.15, -0.1) is 0 Å². The van der Waals surface area contributed by atoms with Crippen LogP contribution in [0.5, 0.6) is 0 Å². The van der Waals surface area contributed by atoms with Crippen molar-refractivity contribution in [3.63, 3.8) is 0 Å². The van der Waals surface area contributed by atoms with Gasteiger partial charge in [-0.05, 0) is 31.4 Å². The molecule has 0 bridgehead atoms. The van der Waals surface area contributed by atoms with Gasteiger partial charge in [0.15, 0.2) is 0 Å². The molecule has 0 spiro atoms. The minimum Gasteiger partial charge on any atom is -0.465 e. The highest BCUT2D eigenvalue weighted by molar-refractivity contribution is 5.77. The Morgan fingerprint density at radius 3 is 2.65 bits per heavy atom. The van der Waals surface area contributed by atoms with Crippen molar-refractivity contribution in [1.82, 2.24) is 4.98 Å². The van der Waals surface area contributed by atoms with E-state index in [1.54, 1.807) is 13.2 Å². The van der Waals surface area contributed by atoms with Crippen LogP contribution in [0.1, 0.15) is 31.9 Å². The second-order valence-corrected chi connectivity index (χ2v) is 6.68. The summed E-state index contributed by atoms with van der Waals surface area (Å²) in [7, 11) is 1.33. The highest BCUT2D eigenvalue weighted by atomic mass is 16.7. The van der Waals surface area contributed by atoms with Crippen molar-refractivity contribution in [2.24, 2.45) is 5.92 Å². The first-order chi connectivity index (χ1) is 12.6. The average molecular weight is 359 g/mol. The van der Waals surface area contributed by atoms with Crippen LogP contribution in [0.3, 0.4) is 0 Å². The fraction of sp³-hybridized carbons (Fsp3) is 0.500. The SMILES string of the molecule is COC(=O)[C@]1(C)OC[C@@H](CCCCc2coc(-c3ccccc3)n2)CO1. The van der Waals surface area contributed by atoms with Gasteiger partial charge in [-0.2, -0.15) is 0 Å². The molecular weight excluding hydrogens is 334 g/mol. The number of benzene rings is 1. The van der Waals surface area contributed by atoms with Gasteiger partial charge >= 0.3 is 5.97 Å². The van der Waals surface area contributed by atoms with Crippen molar-refractivity contribution in [2.45, 2.75) is 38.4 Å². The lowest BCUT2D eigenvalue weighted by Crippen LogP contribution is -2.48. The molecule has 0 atom stereocenters. The van der Waals surface area contributed by atoms with Crippen molar-refractivity contribution in [3.8, 4) is 11.5 Å². The Morgan fingerprint density at radius 1 is 1.23 bits per heavy atom. The van der Waals surface area contributed by atoms with Gasteiger partial charge in [0.1, 0.15) is 6.26 Å². The predicted molar refractivity (Wildman–Crippen MR) is 95.3 cm³/mol. The number of carbonyl (C=O) groups is 1. The van der Waals surface area contributed by atoms with E-state index in [2.05, 4.69) is 4.98 Å². The maximum Gasteiger partial charge on any atom is 0.366 e. The van der Waals surface area contributed by atoms with E-state index >= 15 is 0 Å². The van der Waals surface area contributed by atoms with Gasteiger partial charge in [0.2, 0.25) is 5.89 Å². The molecule has 1 aliphatic heterocycles. The molecule has 1 fully saturated rings. The Labute approximate surface area is 153 Å². The lowest BCUT2D eigenvalue weighted by atomic mass is 10.0. The summed E-state index contributed by atoms with van der Waals surface area (Å²) in [6, 6.07) is 9.89. The molecule has 140 valence electrons. The normalized spacial score (nSPS) is 22.9. The third-order valence-electron chi connectivity index (χ3n) is 4.61. The lowest BCUT2D eigenvalue weighted by Gasteiger charge is -2.35. The van der Waals surface area contributed by atoms with E-state index < -0.39 is 11.8 Å². The molecule has 1 aromatic carbocycles. The Kier molecular flexibility index (Phi) is 6.06. The van der Waals surface area contributed by atoms with E-state index in [0.29, 0.717) is 25.0 Å². The van der Waals surface area contributed by atoms with Gasteiger partial charge in [0.05, 0.1) is 26.0 Å². The minimum atomic E-state index is -1.26. The van der Waals surface area contributed by atoms with Crippen LogP contribution in [0.15, 0.2) is 41.0 Å². The van der Waals surface area contributed by atoms with Crippen molar-refractivity contribution in [3.05, 3.63) is 42.3 Å². The van der Waals surface area contributed by atoms with Crippen LogP contribution in [0.25, 0.3) is 11.5 Å². The third-order valence-corrected chi connectivity index (χ3v) is 4.61. The Balaban J connectivity index is 1.38. The Bertz CT molecular complexity index is 704. The smallest absolute Gasteiger partial charge is 0.366 e. The zero-order valence-electron chi connectivity index (χ0n) is 15.3. The topological polar surface area (TPSA) is 70.8 Å². The number of rotatable bonds is 7. The van der Waals surface area contributed by atoms with E-state index in [0.717, 1.165) is 36.9 Å². The van der Waals surface area contributed by atoms with Crippen LogP contribution >= 0.6 is 0 Å². The number of aryl methyl sites for hydroxylation is 1. The van der Waals surface area contributed by atoms with Crippen LogP contribution in [0.4, 0.5) is 0 Å². The quantitative estimate of drug-likeness (QED) is 0.556. The fourth-order valence-corrected chi connectivity index (χ4v) is 2.99. The minimum absolute atomic E-state index is 0.296. The molecule has 1 aliphatic rings. The summed E-state index contributed by atoms with van der Waals surface area (Å²) in [5.41, 5.74) is 1.96. The first-order valence-corrected chi connectivity index (χ1v) is 8.97. The maximum atomic E-state index is 11.6. The number of hydrogen-bond acceptors (Lipinski definition) is 6. The molecule has 2 aromatic rings.